The number of thioether (sulfide) groups is 1. The van der Waals surface area contributed by atoms with Crippen LogP contribution in [0.5, 0.6) is 0 Å². The number of likely N-dealkylation sites (N-methyl/N-ethyl adjacent to an activating group) is 1. The average Bonchev–Trinajstić information content (AvgIpc) is 2.40. The number of hydrogen-bond donors (Lipinski definition) is 0. The van der Waals surface area contributed by atoms with Crippen LogP contribution < -0.4 is 0 Å². The smallest absolute Gasteiger partial charge is 0.00720 e. The first kappa shape index (κ1) is 10.1. The van der Waals surface area contributed by atoms with Gasteiger partial charge >= 0.3 is 0 Å². The molecule has 1 aliphatic rings. The fourth-order valence-corrected chi connectivity index (χ4v) is 2.40. The van der Waals surface area contributed by atoms with E-state index in [1.165, 1.54) is 30.8 Å². The Bertz CT molecular complexity index is 322. The zero-order chi connectivity index (χ0) is 9.97. The third kappa shape index (κ3) is 2.12. The second-order valence-electron chi connectivity index (χ2n) is 3.94. The molecule has 1 aromatic carbocycles. The van der Waals surface area contributed by atoms with Gasteiger partial charge in [-0.1, -0.05) is 6.07 Å². The van der Waals surface area contributed by atoms with Crippen LogP contribution in [0.1, 0.15) is 11.1 Å². The summed E-state index contributed by atoms with van der Waals surface area (Å²) in [7, 11) is 2.21. The van der Waals surface area contributed by atoms with E-state index in [4.69, 9.17) is 0 Å². The summed E-state index contributed by atoms with van der Waals surface area (Å²) >= 11 is 1.84. The molecule has 0 radical (unpaired) electrons. The summed E-state index contributed by atoms with van der Waals surface area (Å²) in [5.74, 6) is 0. The van der Waals surface area contributed by atoms with Crippen molar-refractivity contribution in [3.05, 3.63) is 29.3 Å². The Kier molecular flexibility index (Phi) is 3.14. The van der Waals surface area contributed by atoms with Crippen molar-refractivity contribution in [3.8, 4) is 0 Å². The van der Waals surface area contributed by atoms with E-state index in [1.54, 1.807) is 11.1 Å². The summed E-state index contributed by atoms with van der Waals surface area (Å²) in [6.07, 6.45) is 4.56. The topological polar surface area (TPSA) is 3.24 Å². The van der Waals surface area contributed by atoms with Crippen LogP contribution in [-0.4, -0.2) is 31.3 Å². The lowest BCUT2D eigenvalue weighted by Gasteiger charge is -2.10. The Morgan fingerprint density at radius 1 is 1.14 bits per heavy atom. The Balaban J connectivity index is 2.27. The van der Waals surface area contributed by atoms with Crippen molar-refractivity contribution in [2.75, 3.05) is 26.4 Å². The predicted molar refractivity (Wildman–Crippen MR) is 63.1 cm³/mol. The fourth-order valence-electron chi connectivity index (χ4n) is 1.94. The van der Waals surface area contributed by atoms with Crippen molar-refractivity contribution in [2.24, 2.45) is 0 Å². The zero-order valence-corrected chi connectivity index (χ0v) is 9.73. The van der Waals surface area contributed by atoms with Gasteiger partial charge in [-0.05, 0) is 49.4 Å². The first-order chi connectivity index (χ1) is 6.79. The molecule has 1 aromatic rings. The van der Waals surface area contributed by atoms with Gasteiger partial charge in [-0.15, -0.1) is 11.8 Å². The van der Waals surface area contributed by atoms with Crippen LogP contribution in [0.2, 0.25) is 0 Å². The number of fused-ring (bicyclic) bond motifs is 1. The van der Waals surface area contributed by atoms with Gasteiger partial charge in [0.15, 0.2) is 0 Å². The molecular weight excluding hydrogens is 190 g/mol. The molecule has 0 saturated heterocycles. The van der Waals surface area contributed by atoms with Crippen molar-refractivity contribution in [2.45, 2.75) is 17.7 Å². The minimum atomic E-state index is 1.20. The molecule has 76 valence electrons. The third-order valence-electron chi connectivity index (χ3n) is 2.94. The Morgan fingerprint density at radius 2 is 1.86 bits per heavy atom. The SMILES string of the molecule is CSc1ccc2c(c1)CCN(C)CC2. The summed E-state index contributed by atoms with van der Waals surface area (Å²) in [5.41, 5.74) is 3.10. The second-order valence-corrected chi connectivity index (χ2v) is 4.82. The molecule has 1 aliphatic heterocycles. The van der Waals surface area contributed by atoms with Gasteiger partial charge in [0.05, 0.1) is 0 Å². The van der Waals surface area contributed by atoms with Gasteiger partial charge in [-0.3, -0.25) is 0 Å². The summed E-state index contributed by atoms with van der Waals surface area (Å²) in [5, 5.41) is 0. The van der Waals surface area contributed by atoms with Crippen molar-refractivity contribution < 1.29 is 0 Å². The molecule has 0 aliphatic carbocycles. The highest BCUT2D eigenvalue weighted by Crippen LogP contribution is 2.22. The molecule has 0 saturated carbocycles. The van der Waals surface area contributed by atoms with Crippen LogP contribution >= 0.6 is 11.8 Å². The molecule has 1 heterocycles. The van der Waals surface area contributed by atoms with Crippen LogP contribution in [0.15, 0.2) is 23.1 Å². The van der Waals surface area contributed by atoms with E-state index in [9.17, 15) is 0 Å². The van der Waals surface area contributed by atoms with Gasteiger partial charge in [0.25, 0.3) is 0 Å². The molecular formula is C12H17NS. The largest absolute Gasteiger partial charge is 0.306 e. The summed E-state index contributed by atoms with van der Waals surface area (Å²) in [6.45, 7) is 2.40. The lowest BCUT2D eigenvalue weighted by Crippen LogP contribution is -2.20. The number of benzene rings is 1. The van der Waals surface area contributed by atoms with Crippen LogP contribution in [0, 0.1) is 0 Å². The van der Waals surface area contributed by atoms with Crippen molar-refractivity contribution in [1.29, 1.82) is 0 Å². The second kappa shape index (κ2) is 4.37. The van der Waals surface area contributed by atoms with Crippen LogP contribution in [0.25, 0.3) is 0 Å². The molecule has 0 N–H and O–H groups in total. The van der Waals surface area contributed by atoms with E-state index < -0.39 is 0 Å². The first-order valence-electron chi connectivity index (χ1n) is 5.14. The molecule has 2 heteroatoms. The van der Waals surface area contributed by atoms with Crippen LogP contribution in [0.3, 0.4) is 0 Å². The average molecular weight is 207 g/mol. The van der Waals surface area contributed by atoms with E-state index in [2.05, 4.69) is 36.4 Å². The van der Waals surface area contributed by atoms with E-state index in [-0.39, 0.29) is 0 Å². The third-order valence-corrected chi connectivity index (χ3v) is 3.66. The highest BCUT2D eigenvalue weighted by atomic mass is 32.2. The van der Waals surface area contributed by atoms with Gasteiger partial charge < -0.3 is 4.90 Å². The quantitative estimate of drug-likeness (QED) is 0.651. The maximum absolute atomic E-state index is 2.42. The van der Waals surface area contributed by atoms with E-state index >= 15 is 0 Å². The Hall–Kier alpha value is -0.470. The molecule has 0 fully saturated rings. The Morgan fingerprint density at radius 3 is 2.57 bits per heavy atom. The maximum atomic E-state index is 2.42. The number of nitrogens with zero attached hydrogens (tertiary/aromatic N) is 1. The lowest BCUT2D eigenvalue weighted by molar-refractivity contribution is 0.352. The van der Waals surface area contributed by atoms with Gasteiger partial charge in [0.2, 0.25) is 0 Å². The predicted octanol–water partition coefficient (Wildman–Crippen LogP) is 2.44. The lowest BCUT2D eigenvalue weighted by atomic mass is 10.0. The van der Waals surface area contributed by atoms with Crippen LogP contribution in [-0.2, 0) is 12.8 Å². The van der Waals surface area contributed by atoms with E-state index in [0.717, 1.165) is 0 Å². The van der Waals surface area contributed by atoms with Crippen molar-refractivity contribution in [3.63, 3.8) is 0 Å². The molecule has 0 bridgehead atoms. The summed E-state index contributed by atoms with van der Waals surface area (Å²) in [6, 6.07) is 6.91. The molecule has 0 unspecified atom stereocenters. The minimum absolute atomic E-state index is 1.20. The minimum Gasteiger partial charge on any atom is -0.306 e. The molecule has 14 heavy (non-hydrogen) atoms. The van der Waals surface area contributed by atoms with E-state index in [1.807, 2.05) is 11.8 Å². The maximum Gasteiger partial charge on any atom is 0.00720 e. The van der Waals surface area contributed by atoms with Gasteiger partial charge in [0, 0.05) is 18.0 Å². The van der Waals surface area contributed by atoms with Crippen molar-refractivity contribution >= 4 is 11.8 Å². The molecule has 1 nitrogen and oxygen atoms in total. The first-order valence-corrected chi connectivity index (χ1v) is 6.36. The number of hydrogen-bond acceptors (Lipinski definition) is 2. The van der Waals surface area contributed by atoms with Gasteiger partial charge in [-0.25, -0.2) is 0 Å². The van der Waals surface area contributed by atoms with Crippen LogP contribution in [0.4, 0.5) is 0 Å². The monoisotopic (exact) mass is 207 g/mol. The molecule has 0 spiro atoms. The van der Waals surface area contributed by atoms with Gasteiger partial charge in [0.1, 0.15) is 0 Å². The van der Waals surface area contributed by atoms with Crippen molar-refractivity contribution in [1.82, 2.24) is 4.90 Å². The van der Waals surface area contributed by atoms with Gasteiger partial charge in [-0.2, -0.15) is 0 Å². The molecule has 0 amide bonds. The van der Waals surface area contributed by atoms with E-state index in [0.29, 0.717) is 0 Å². The standard InChI is InChI=1S/C12H17NS/c1-13-7-5-10-3-4-12(14-2)9-11(10)6-8-13/h3-4,9H,5-8H2,1-2H3. The highest BCUT2D eigenvalue weighted by Gasteiger charge is 2.10. The summed E-state index contributed by atoms with van der Waals surface area (Å²) in [4.78, 5) is 3.81. The highest BCUT2D eigenvalue weighted by molar-refractivity contribution is 7.98. The molecule has 0 aromatic heterocycles. The zero-order valence-electron chi connectivity index (χ0n) is 8.92. The normalized spacial score (nSPS) is 17.6. The Labute approximate surface area is 90.5 Å². The molecule has 0 atom stereocenters. The fraction of sp³-hybridized carbons (Fsp3) is 0.500. The molecule has 2 rings (SSSR count). The number of rotatable bonds is 1. The summed E-state index contributed by atoms with van der Waals surface area (Å²) < 4.78 is 0.